The Morgan fingerprint density at radius 3 is 3.08 bits per heavy atom. The Labute approximate surface area is 70.8 Å². The van der Waals surface area contributed by atoms with Crippen LogP contribution >= 0.6 is 0 Å². The van der Waals surface area contributed by atoms with Gasteiger partial charge in [0.1, 0.15) is 6.29 Å². The number of aldehydes is 1. The zero-order valence-corrected chi connectivity index (χ0v) is 6.66. The molecule has 0 saturated carbocycles. The van der Waals surface area contributed by atoms with Gasteiger partial charge in [-0.15, -0.1) is 0 Å². The molecule has 1 saturated heterocycles. The van der Waals surface area contributed by atoms with E-state index >= 15 is 0 Å². The first-order valence-electron chi connectivity index (χ1n) is 4.04. The number of nitrogens with one attached hydrogen (secondary N) is 1. The summed E-state index contributed by atoms with van der Waals surface area (Å²) in [6.07, 6.45) is 3.65. The van der Waals surface area contributed by atoms with Crippen molar-refractivity contribution in [3.63, 3.8) is 0 Å². The zero-order valence-electron chi connectivity index (χ0n) is 6.66. The maximum atomic E-state index is 10.4. The van der Waals surface area contributed by atoms with Gasteiger partial charge in [-0.2, -0.15) is 0 Å². The molecule has 1 aromatic rings. The molecule has 0 unspecified atom stereocenters. The van der Waals surface area contributed by atoms with Crippen LogP contribution in [0, 0.1) is 0 Å². The van der Waals surface area contributed by atoms with Gasteiger partial charge in [-0.1, -0.05) is 0 Å². The molecule has 0 radical (unpaired) electrons. The van der Waals surface area contributed by atoms with Gasteiger partial charge in [0.15, 0.2) is 0 Å². The smallest absolute Gasteiger partial charge is 0.150 e. The van der Waals surface area contributed by atoms with Crippen molar-refractivity contribution in [1.29, 1.82) is 0 Å². The summed E-state index contributed by atoms with van der Waals surface area (Å²) in [6.45, 7) is 1.05. The zero-order chi connectivity index (χ0) is 8.39. The fourth-order valence-corrected chi connectivity index (χ4v) is 1.27. The minimum absolute atomic E-state index is 0.366. The van der Waals surface area contributed by atoms with Crippen LogP contribution in [0.25, 0.3) is 0 Å². The highest BCUT2D eigenvalue weighted by molar-refractivity contribution is 5.74. The van der Waals surface area contributed by atoms with Gasteiger partial charge < -0.3 is 5.32 Å². The second-order valence-corrected chi connectivity index (χ2v) is 2.93. The van der Waals surface area contributed by atoms with Gasteiger partial charge in [-0.25, -0.2) is 0 Å². The lowest BCUT2D eigenvalue weighted by Gasteiger charge is -2.26. The van der Waals surface area contributed by atoms with Gasteiger partial charge in [-0.3, -0.25) is 9.78 Å². The Bertz CT molecular complexity index is 294. The first-order valence-corrected chi connectivity index (χ1v) is 4.04. The summed E-state index contributed by atoms with van der Waals surface area (Å²) in [5.74, 6) is 0. The first kappa shape index (κ1) is 7.43. The largest absolute Gasteiger partial charge is 0.309 e. The molecule has 0 bridgehead atoms. The van der Waals surface area contributed by atoms with Crippen LogP contribution < -0.4 is 5.32 Å². The van der Waals surface area contributed by atoms with Crippen LogP contribution in [0.15, 0.2) is 18.3 Å². The molecule has 0 aliphatic carbocycles. The summed E-state index contributed by atoms with van der Waals surface area (Å²) in [5.41, 5.74) is 1.68. The Hall–Kier alpha value is -1.22. The molecule has 12 heavy (non-hydrogen) atoms. The van der Waals surface area contributed by atoms with E-state index in [1.165, 1.54) is 0 Å². The highest BCUT2D eigenvalue weighted by atomic mass is 16.1. The summed E-state index contributed by atoms with van der Waals surface area (Å²) in [6, 6.07) is 3.92. The quantitative estimate of drug-likeness (QED) is 0.658. The van der Waals surface area contributed by atoms with Crippen molar-refractivity contribution in [2.45, 2.75) is 12.5 Å². The lowest BCUT2D eigenvalue weighted by molar-refractivity contribution is 0.112. The van der Waals surface area contributed by atoms with Crippen molar-refractivity contribution in [2.24, 2.45) is 0 Å². The second-order valence-electron chi connectivity index (χ2n) is 2.93. The number of carbonyl (C=O) groups excluding carboxylic acids is 1. The van der Waals surface area contributed by atoms with Crippen molar-refractivity contribution in [3.05, 3.63) is 29.6 Å². The molecule has 1 atom stereocenters. The molecule has 3 heteroatoms. The molecular formula is C9H10N2O. The standard InChI is InChI=1S/C9H10N2O/c12-6-7-1-3-11-9(5-7)8-2-4-10-8/h1,3,5-6,8,10H,2,4H2/t8-/m0/s1. The number of nitrogens with zero attached hydrogens (tertiary/aromatic N) is 1. The van der Waals surface area contributed by atoms with Crippen LogP contribution in [-0.2, 0) is 0 Å². The molecule has 3 nitrogen and oxygen atoms in total. The summed E-state index contributed by atoms with van der Waals surface area (Å²) >= 11 is 0. The minimum Gasteiger partial charge on any atom is -0.309 e. The van der Waals surface area contributed by atoms with Crippen LogP contribution in [0.4, 0.5) is 0 Å². The third-order valence-electron chi connectivity index (χ3n) is 2.12. The topological polar surface area (TPSA) is 42.0 Å². The van der Waals surface area contributed by atoms with Crippen molar-refractivity contribution >= 4 is 6.29 Å². The van der Waals surface area contributed by atoms with E-state index in [1.54, 1.807) is 12.3 Å². The Morgan fingerprint density at radius 1 is 1.67 bits per heavy atom. The third kappa shape index (κ3) is 1.23. The van der Waals surface area contributed by atoms with E-state index in [4.69, 9.17) is 0 Å². The van der Waals surface area contributed by atoms with Gasteiger partial charge in [0, 0.05) is 11.8 Å². The second kappa shape index (κ2) is 3.03. The number of rotatable bonds is 2. The number of hydrogen-bond acceptors (Lipinski definition) is 3. The van der Waals surface area contributed by atoms with E-state index in [-0.39, 0.29) is 0 Å². The fraction of sp³-hybridized carbons (Fsp3) is 0.333. The van der Waals surface area contributed by atoms with Crippen molar-refractivity contribution in [2.75, 3.05) is 6.54 Å². The molecule has 1 aliphatic heterocycles. The molecule has 1 aromatic heterocycles. The van der Waals surface area contributed by atoms with E-state index in [0.29, 0.717) is 11.6 Å². The average molecular weight is 162 g/mol. The predicted octanol–water partition coefficient (Wildman–Crippen LogP) is 0.929. The van der Waals surface area contributed by atoms with Crippen LogP contribution in [0.2, 0.25) is 0 Å². The monoisotopic (exact) mass is 162 g/mol. The average Bonchev–Trinajstić information content (AvgIpc) is 2.02. The molecule has 1 N–H and O–H groups in total. The molecule has 2 heterocycles. The molecule has 0 spiro atoms. The van der Waals surface area contributed by atoms with Gasteiger partial charge in [0.2, 0.25) is 0 Å². The van der Waals surface area contributed by atoms with Crippen LogP contribution in [0.1, 0.15) is 28.5 Å². The molecule has 0 aromatic carbocycles. The van der Waals surface area contributed by atoms with E-state index in [1.807, 2.05) is 6.07 Å². The summed E-state index contributed by atoms with van der Waals surface area (Å²) in [5, 5.41) is 3.23. The lowest BCUT2D eigenvalue weighted by Crippen LogP contribution is -2.35. The normalized spacial score (nSPS) is 21.5. The highest BCUT2D eigenvalue weighted by Crippen LogP contribution is 2.20. The summed E-state index contributed by atoms with van der Waals surface area (Å²) < 4.78 is 0. The molecule has 1 fully saturated rings. The Balaban J connectivity index is 2.25. The maximum absolute atomic E-state index is 10.4. The third-order valence-corrected chi connectivity index (χ3v) is 2.12. The minimum atomic E-state index is 0.366. The first-order chi connectivity index (χ1) is 5.90. The number of aromatic nitrogens is 1. The van der Waals surface area contributed by atoms with E-state index in [0.717, 1.165) is 24.9 Å². The van der Waals surface area contributed by atoms with Gasteiger partial charge >= 0.3 is 0 Å². The predicted molar refractivity (Wildman–Crippen MR) is 45.0 cm³/mol. The summed E-state index contributed by atoms with van der Waals surface area (Å²) in [4.78, 5) is 14.6. The Kier molecular flexibility index (Phi) is 1.87. The van der Waals surface area contributed by atoms with Crippen molar-refractivity contribution in [3.8, 4) is 0 Å². The van der Waals surface area contributed by atoms with Gasteiger partial charge in [0.05, 0.1) is 11.7 Å². The summed E-state index contributed by atoms with van der Waals surface area (Å²) in [7, 11) is 0. The number of carbonyl (C=O) groups is 1. The molecule has 62 valence electrons. The van der Waals surface area contributed by atoms with Gasteiger partial charge in [0.25, 0.3) is 0 Å². The SMILES string of the molecule is O=Cc1ccnc([C@@H]2CCN2)c1. The Morgan fingerprint density at radius 2 is 2.50 bits per heavy atom. The van der Waals surface area contributed by atoms with Crippen LogP contribution in [-0.4, -0.2) is 17.8 Å². The lowest BCUT2D eigenvalue weighted by atomic mass is 10.0. The van der Waals surface area contributed by atoms with E-state index in [2.05, 4.69) is 10.3 Å². The van der Waals surface area contributed by atoms with Crippen molar-refractivity contribution < 1.29 is 4.79 Å². The van der Waals surface area contributed by atoms with E-state index < -0.39 is 0 Å². The van der Waals surface area contributed by atoms with Crippen LogP contribution in [0.3, 0.4) is 0 Å². The highest BCUT2D eigenvalue weighted by Gasteiger charge is 2.19. The van der Waals surface area contributed by atoms with Crippen LogP contribution in [0.5, 0.6) is 0 Å². The van der Waals surface area contributed by atoms with Gasteiger partial charge in [-0.05, 0) is 25.1 Å². The molecule has 1 aliphatic rings. The number of pyridine rings is 1. The molecular weight excluding hydrogens is 152 g/mol. The maximum Gasteiger partial charge on any atom is 0.150 e. The van der Waals surface area contributed by atoms with Crippen molar-refractivity contribution in [1.82, 2.24) is 10.3 Å². The molecule has 0 amide bonds. The number of hydrogen-bond donors (Lipinski definition) is 1. The molecule has 2 rings (SSSR count). The fourth-order valence-electron chi connectivity index (χ4n) is 1.27. The van der Waals surface area contributed by atoms with E-state index in [9.17, 15) is 4.79 Å².